The van der Waals surface area contributed by atoms with Gasteiger partial charge in [0.25, 0.3) is 11.8 Å². The molecule has 2 aromatic carbocycles. The largest absolute Gasteiger partial charge is 0.399 e. The Bertz CT molecular complexity index is 750. The summed E-state index contributed by atoms with van der Waals surface area (Å²) in [6.45, 7) is 3.86. The van der Waals surface area contributed by atoms with Gasteiger partial charge in [0, 0.05) is 5.69 Å². The van der Waals surface area contributed by atoms with Gasteiger partial charge in [0.2, 0.25) is 0 Å². The van der Waals surface area contributed by atoms with Crippen LogP contribution in [0.1, 0.15) is 31.8 Å². The maximum Gasteiger partial charge on any atom is 0.266 e. The van der Waals surface area contributed by atoms with Crippen molar-refractivity contribution in [3.63, 3.8) is 0 Å². The van der Waals surface area contributed by atoms with E-state index in [9.17, 15) is 9.59 Å². The molecule has 0 fully saturated rings. The molecular formula is C16H14N2O2. The number of carbonyl (C=O) groups is 2. The molecule has 0 saturated carbocycles. The summed E-state index contributed by atoms with van der Waals surface area (Å²) in [5, 5.41) is 0. The summed E-state index contributed by atoms with van der Waals surface area (Å²) in [7, 11) is 0. The van der Waals surface area contributed by atoms with Gasteiger partial charge in [-0.25, -0.2) is 4.90 Å². The van der Waals surface area contributed by atoms with E-state index in [2.05, 4.69) is 0 Å². The van der Waals surface area contributed by atoms with Gasteiger partial charge in [0.05, 0.1) is 16.8 Å². The second-order valence-corrected chi connectivity index (χ2v) is 5.04. The van der Waals surface area contributed by atoms with Crippen LogP contribution in [0, 0.1) is 13.8 Å². The average Bonchev–Trinajstić information content (AvgIpc) is 2.63. The van der Waals surface area contributed by atoms with Gasteiger partial charge in [-0.15, -0.1) is 0 Å². The Morgan fingerprint density at radius 3 is 2.30 bits per heavy atom. The highest BCUT2D eigenvalue weighted by atomic mass is 16.2. The molecule has 20 heavy (non-hydrogen) atoms. The number of amides is 2. The molecule has 0 saturated heterocycles. The highest BCUT2D eigenvalue weighted by Gasteiger charge is 2.37. The van der Waals surface area contributed by atoms with E-state index < -0.39 is 0 Å². The zero-order chi connectivity index (χ0) is 14.4. The van der Waals surface area contributed by atoms with Crippen LogP contribution in [0.3, 0.4) is 0 Å². The highest BCUT2D eigenvalue weighted by molar-refractivity contribution is 6.34. The number of aryl methyl sites for hydroxylation is 2. The molecule has 1 aliphatic heterocycles. The standard InChI is InChI=1S/C16H14N2O2/c1-9-3-6-14(10(2)7-9)18-15(19)12-5-4-11(17)8-13(12)16(18)20/h3-8H,17H2,1-2H3. The van der Waals surface area contributed by atoms with Gasteiger partial charge in [-0.05, 0) is 43.7 Å². The van der Waals surface area contributed by atoms with Crippen molar-refractivity contribution in [2.75, 3.05) is 10.6 Å². The number of benzene rings is 2. The second kappa shape index (κ2) is 4.20. The van der Waals surface area contributed by atoms with Gasteiger partial charge >= 0.3 is 0 Å². The molecule has 0 radical (unpaired) electrons. The first-order chi connectivity index (χ1) is 9.49. The number of nitrogens with zero attached hydrogens (tertiary/aromatic N) is 1. The third-order valence-corrected chi connectivity index (χ3v) is 3.50. The van der Waals surface area contributed by atoms with Crippen molar-refractivity contribution >= 4 is 23.2 Å². The summed E-state index contributed by atoms with van der Waals surface area (Å²) in [4.78, 5) is 26.1. The first-order valence-corrected chi connectivity index (χ1v) is 6.34. The van der Waals surface area contributed by atoms with E-state index in [1.165, 1.54) is 4.90 Å². The van der Waals surface area contributed by atoms with Crippen LogP contribution in [-0.4, -0.2) is 11.8 Å². The second-order valence-electron chi connectivity index (χ2n) is 5.04. The van der Waals surface area contributed by atoms with Crippen LogP contribution >= 0.6 is 0 Å². The lowest BCUT2D eigenvalue weighted by atomic mass is 10.1. The number of carbonyl (C=O) groups excluding carboxylic acids is 2. The summed E-state index contributed by atoms with van der Waals surface area (Å²) >= 11 is 0. The summed E-state index contributed by atoms with van der Waals surface area (Å²) in [6.07, 6.45) is 0. The number of anilines is 2. The van der Waals surface area contributed by atoms with Gasteiger partial charge in [-0.3, -0.25) is 9.59 Å². The van der Waals surface area contributed by atoms with Crippen molar-refractivity contribution in [3.05, 3.63) is 58.7 Å². The van der Waals surface area contributed by atoms with Crippen LogP contribution in [0.2, 0.25) is 0 Å². The number of imide groups is 1. The number of nitrogens with two attached hydrogens (primary N) is 1. The molecular weight excluding hydrogens is 252 g/mol. The van der Waals surface area contributed by atoms with Crippen LogP contribution in [0.25, 0.3) is 0 Å². The Labute approximate surface area is 116 Å². The minimum atomic E-state index is -0.316. The molecule has 3 rings (SSSR count). The molecule has 100 valence electrons. The third-order valence-electron chi connectivity index (χ3n) is 3.50. The van der Waals surface area contributed by atoms with Gasteiger partial charge in [0.15, 0.2) is 0 Å². The van der Waals surface area contributed by atoms with Gasteiger partial charge in [0.1, 0.15) is 0 Å². The fraction of sp³-hybridized carbons (Fsp3) is 0.125. The molecule has 0 aromatic heterocycles. The summed E-state index contributed by atoms with van der Waals surface area (Å²) in [5.74, 6) is -0.610. The molecule has 2 N–H and O–H groups in total. The lowest BCUT2D eigenvalue weighted by Crippen LogP contribution is -2.30. The van der Waals surface area contributed by atoms with Crippen molar-refractivity contribution in [1.82, 2.24) is 0 Å². The van der Waals surface area contributed by atoms with Crippen molar-refractivity contribution in [2.24, 2.45) is 0 Å². The zero-order valence-electron chi connectivity index (χ0n) is 11.3. The number of fused-ring (bicyclic) bond motifs is 1. The van der Waals surface area contributed by atoms with Gasteiger partial charge in [-0.2, -0.15) is 0 Å². The quantitative estimate of drug-likeness (QED) is 0.637. The molecule has 4 nitrogen and oxygen atoms in total. The molecule has 0 atom stereocenters. The van der Waals surface area contributed by atoms with Crippen molar-refractivity contribution in [1.29, 1.82) is 0 Å². The molecule has 2 amide bonds. The highest BCUT2D eigenvalue weighted by Crippen LogP contribution is 2.31. The van der Waals surface area contributed by atoms with Crippen molar-refractivity contribution in [2.45, 2.75) is 13.8 Å². The lowest BCUT2D eigenvalue weighted by molar-refractivity contribution is 0.0926. The first-order valence-electron chi connectivity index (χ1n) is 6.34. The minimum Gasteiger partial charge on any atom is -0.399 e. The van der Waals surface area contributed by atoms with E-state index in [4.69, 9.17) is 5.73 Å². The number of rotatable bonds is 1. The predicted octanol–water partition coefficient (Wildman–Crippen LogP) is 2.69. The van der Waals surface area contributed by atoms with Crippen LogP contribution in [0.4, 0.5) is 11.4 Å². The Morgan fingerprint density at radius 1 is 0.900 bits per heavy atom. The zero-order valence-corrected chi connectivity index (χ0v) is 11.3. The van der Waals surface area contributed by atoms with E-state index in [1.54, 1.807) is 24.3 Å². The molecule has 0 spiro atoms. The van der Waals surface area contributed by atoms with E-state index in [-0.39, 0.29) is 11.8 Å². The molecule has 1 aliphatic rings. The smallest absolute Gasteiger partial charge is 0.266 e. The summed E-state index contributed by atoms with van der Waals surface area (Å²) in [6, 6.07) is 10.4. The normalized spacial score (nSPS) is 13.8. The Kier molecular flexibility index (Phi) is 2.61. The number of nitrogen functional groups attached to an aromatic ring is 1. The Morgan fingerprint density at radius 2 is 1.60 bits per heavy atom. The van der Waals surface area contributed by atoms with Crippen LogP contribution in [-0.2, 0) is 0 Å². The van der Waals surface area contributed by atoms with Crippen LogP contribution in [0.5, 0.6) is 0 Å². The Balaban J connectivity index is 2.14. The fourth-order valence-electron chi connectivity index (χ4n) is 2.53. The monoisotopic (exact) mass is 266 g/mol. The molecule has 0 bridgehead atoms. The van der Waals surface area contributed by atoms with E-state index in [1.807, 2.05) is 26.0 Å². The maximum atomic E-state index is 12.4. The molecule has 2 aromatic rings. The molecule has 4 heteroatoms. The third kappa shape index (κ3) is 1.69. The van der Waals surface area contributed by atoms with Crippen LogP contribution < -0.4 is 10.6 Å². The van der Waals surface area contributed by atoms with Crippen molar-refractivity contribution in [3.8, 4) is 0 Å². The van der Waals surface area contributed by atoms with Crippen LogP contribution in [0.15, 0.2) is 36.4 Å². The topological polar surface area (TPSA) is 63.4 Å². The molecule has 0 unspecified atom stereocenters. The Hall–Kier alpha value is -2.62. The van der Waals surface area contributed by atoms with E-state index in [0.717, 1.165) is 11.1 Å². The predicted molar refractivity (Wildman–Crippen MR) is 77.9 cm³/mol. The fourth-order valence-corrected chi connectivity index (χ4v) is 2.53. The molecule has 0 aliphatic carbocycles. The van der Waals surface area contributed by atoms with E-state index in [0.29, 0.717) is 22.5 Å². The van der Waals surface area contributed by atoms with Crippen molar-refractivity contribution < 1.29 is 9.59 Å². The number of hydrogen-bond donors (Lipinski definition) is 1. The summed E-state index contributed by atoms with van der Waals surface area (Å²) in [5.41, 5.74) is 9.56. The molecule has 1 heterocycles. The van der Waals surface area contributed by atoms with Gasteiger partial charge < -0.3 is 5.73 Å². The maximum absolute atomic E-state index is 12.4. The number of hydrogen-bond acceptors (Lipinski definition) is 3. The van der Waals surface area contributed by atoms with Gasteiger partial charge in [-0.1, -0.05) is 17.7 Å². The minimum absolute atomic E-state index is 0.294. The average molecular weight is 266 g/mol. The van der Waals surface area contributed by atoms with E-state index >= 15 is 0 Å². The summed E-state index contributed by atoms with van der Waals surface area (Å²) < 4.78 is 0. The SMILES string of the molecule is Cc1ccc(N2C(=O)c3ccc(N)cc3C2=O)c(C)c1. The lowest BCUT2D eigenvalue weighted by Gasteiger charge is -2.16. The first kappa shape index (κ1) is 12.4.